The van der Waals surface area contributed by atoms with E-state index in [4.69, 9.17) is 5.73 Å². The van der Waals surface area contributed by atoms with Crippen molar-refractivity contribution in [3.63, 3.8) is 0 Å². The number of aromatic amines is 1. The second-order valence-corrected chi connectivity index (χ2v) is 5.28. The van der Waals surface area contributed by atoms with Gasteiger partial charge in [0.05, 0.1) is 0 Å². The minimum atomic E-state index is -0.473. The first-order valence-electron chi connectivity index (χ1n) is 7.33. The number of allylic oxidation sites excluding steroid dienone is 2. The number of nitrogens with one attached hydrogen (secondary N) is 1. The van der Waals surface area contributed by atoms with Crippen LogP contribution in [-0.2, 0) is 6.54 Å². The van der Waals surface area contributed by atoms with Crippen molar-refractivity contribution < 1.29 is 4.79 Å². The zero-order valence-electron chi connectivity index (χ0n) is 12.7. The zero-order valence-corrected chi connectivity index (χ0v) is 12.7. The summed E-state index contributed by atoms with van der Waals surface area (Å²) < 4.78 is 1.64. The molecule has 116 valence electrons. The number of primary amides is 1. The van der Waals surface area contributed by atoms with Gasteiger partial charge in [-0.05, 0) is 30.7 Å². The number of rotatable bonds is 4. The van der Waals surface area contributed by atoms with Gasteiger partial charge in [-0.15, -0.1) is 0 Å². The molecule has 0 atom stereocenters. The Balaban J connectivity index is 2.26. The van der Waals surface area contributed by atoms with Crippen LogP contribution >= 0.6 is 0 Å². The lowest BCUT2D eigenvalue weighted by atomic mass is 10.0. The number of H-pyrrole nitrogens is 1. The van der Waals surface area contributed by atoms with Gasteiger partial charge in [0.1, 0.15) is 5.52 Å². The lowest BCUT2D eigenvalue weighted by Crippen LogP contribution is -2.19. The van der Waals surface area contributed by atoms with Crippen LogP contribution in [0.3, 0.4) is 0 Å². The van der Waals surface area contributed by atoms with Crippen molar-refractivity contribution in [2.45, 2.75) is 13.5 Å². The molecule has 0 aliphatic carbocycles. The third-order valence-corrected chi connectivity index (χ3v) is 3.79. The predicted molar refractivity (Wildman–Crippen MR) is 91.3 cm³/mol. The third kappa shape index (κ3) is 2.68. The van der Waals surface area contributed by atoms with Gasteiger partial charge >= 0.3 is 0 Å². The Labute approximate surface area is 133 Å². The van der Waals surface area contributed by atoms with Gasteiger partial charge in [-0.1, -0.05) is 24.3 Å². The average Bonchev–Trinajstić information content (AvgIpc) is 3.04. The van der Waals surface area contributed by atoms with Crippen molar-refractivity contribution in [3.8, 4) is 11.1 Å². The molecule has 0 spiro atoms. The lowest BCUT2D eigenvalue weighted by Gasteiger charge is -2.10. The van der Waals surface area contributed by atoms with E-state index in [1.165, 1.54) is 0 Å². The number of carbonyl (C=O) groups excluding carboxylic acids is 1. The van der Waals surface area contributed by atoms with Gasteiger partial charge in [-0.2, -0.15) is 0 Å². The maximum absolute atomic E-state index is 12.5. The maximum Gasteiger partial charge on any atom is 0.275 e. The Hall–Kier alpha value is -3.08. The second-order valence-electron chi connectivity index (χ2n) is 5.28. The number of fused-ring (bicyclic) bond motifs is 1. The summed E-state index contributed by atoms with van der Waals surface area (Å²) in [5.41, 5.74) is 8.02. The number of nitrogens with two attached hydrogens (primary N) is 1. The molecule has 2 aromatic heterocycles. The van der Waals surface area contributed by atoms with Crippen LogP contribution < -0.4 is 11.3 Å². The molecule has 1 aromatic carbocycles. The van der Waals surface area contributed by atoms with Crippen LogP contribution in [0.1, 0.15) is 17.3 Å². The van der Waals surface area contributed by atoms with Crippen LogP contribution in [0, 0.1) is 0 Å². The Kier molecular flexibility index (Phi) is 3.85. The topological polar surface area (TPSA) is 80.9 Å². The summed E-state index contributed by atoms with van der Waals surface area (Å²) in [6, 6.07) is 8.97. The van der Waals surface area contributed by atoms with Gasteiger partial charge in [0, 0.05) is 35.5 Å². The zero-order chi connectivity index (χ0) is 16.4. The van der Waals surface area contributed by atoms with Crippen LogP contribution in [0.15, 0.2) is 59.7 Å². The number of benzene rings is 1. The Morgan fingerprint density at radius 3 is 2.91 bits per heavy atom. The molecule has 0 saturated carbocycles. The SMILES string of the molecule is C/C=C/Cn1cc(-c2cccc(C(N)=O)c2)c2cc[nH]c2c1=O. The summed E-state index contributed by atoms with van der Waals surface area (Å²) in [6.45, 7) is 2.41. The second kappa shape index (κ2) is 5.96. The molecule has 0 aliphatic rings. The molecular weight excluding hydrogens is 290 g/mol. The smallest absolute Gasteiger partial charge is 0.275 e. The van der Waals surface area contributed by atoms with Crippen LogP contribution in [0.2, 0.25) is 0 Å². The molecule has 0 fully saturated rings. The molecule has 5 nitrogen and oxygen atoms in total. The fourth-order valence-corrected chi connectivity index (χ4v) is 2.62. The van der Waals surface area contributed by atoms with Gasteiger partial charge in [-0.3, -0.25) is 9.59 Å². The first-order valence-corrected chi connectivity index (χ1v) is 7.33. The van der Waals surface area contributed by atoms with Crippen molar-refractivity contribution >= 4 is 16.8 Å². The van der Waals surface area contributed by atoms with Crippen LogP contribution in [0.4, 0.5) is 0 Å². The van der Waals surface area contributed by atoms with E-state index in [2.05, 4.69) is 4.98 Å². The number of amides is 1. The van der Waals surface area contributed by atoms with Crippen molar-refractivity contribution in [2.75, 3.05) is 0 Å². The molecule has 0 bridgehead atoms. The van der Waals surface area contributed by atoms with E-state index in [0.29, 0.717) is 17.6 Å². The molecule has 3 N–H and O–H groups in total. The lowest BCUT2D eigenvalue weighted by molar-refractivity contribution is 0.100. The molecule has 3 aromatic rings. The largest absolute Gasteiger partial charge is 0.366 e. The predicted octanol–water partition coefficient (Wildman–Crippen LogP) is 2.67. The van der Waals surface area contributed by atoms with Crippen LogP contribution in [0.5, 0.6) is 0 Å². The van der Waals surface area contributed by atoms with E-state index in [1.807, 2.05) is 37.4 Å². The van der Waals surface area contributed by atoms with Gasteiger partial charge in [0.25, 0.3) is 5.56 Å². The summed E-state index contributed by atoms with van der Waals surface area (Å²) in [7, 11) is 0. The molecule has 0 aliphatic heterocycles. The Bertz CT molecular complexity index is 964. The molecule has 23 heavy (non-hydrogen) atoms. The highest BCUT2D eigenvalue weighted by Crippen LogP contribution is 2.27. The Morgan fingerprint density at radius 1 is 1.35 bits per heavy atom. The van der Waals surface area contributed by atoms with Crippen molar-refractivity contribution in [2.24, 2.45) is 5.73 Å². The van der Waals surface area contributed by atoms with E-state index in [-0.39, 0.29) is 5.56 Å². The molecule has 2 heterocycles. The van der Waals surface area contributed by atoms with E-state index < -0.39 is 5.91 Å². The van der Waals surface area contributed by atoms with E-state index in [1.54, 1.807) is 29.0 Å². The number of nitrogens with zero attached hydrogens (tertiary/aromatic N) is 1. The molecule has 3 rings (SSSR count). The highest BCUT2D eigenvalue weighted by Gasteiger charge is 2.12. The standard InChI is InChI=1S/C18H17N3O2/c1-2-3-9-21-11-15(14-7-8-20-16(14)18(21)23)12-5-4-6-13(10-12)17(19)22/h2-8,10-11,20H,9H2,1H3,(H2,19,22)/b3-2+. The summed E-state index contributed by atoms with van der Waals surface area (Å²) >= 11 is 0. The Morgan fingerprint density at radius 2 is 2.17 bits per heavy atom. The first kappa shape index (κ1) is 14.8. The maximum atomic E-state index is 12.5. The monoisotopic (exact) mass is 307 g/mol. The van der Waals surface area contributed by atoms with E-state index in [0.717, 1.165) is 16.5 Å². The minimum Gasteiger partial charge on any atom is -0.366 e. The number of hydrogen-bond donors (Lipinski definition) is 2. The van der Waals surface area contributed by atoms with Gasteiger partial charge in [-0.25, -0.2) is 0 Å². The summed E-state index contributed by atoms with van der Waals surface area (Å²) in [4.78, 5) is 26.9. The molecular formula is C18H17N3O2. The minimum absolute atomic E-state index is 0.0714. The number of hydrogen-bond acceptors (Lipinski definition) is 2. The van der Waals surface area contributed by atoms with E-state index >= 15 is 0 Å². The number of pyridine rings is 1. The molecule has 5 heteroatoms. The summed E-state index contributed by atoms with van der Waals surface area (Å²) in [5, 5.41) is 0.827. The molecule has 1 amide bonds. The fraction of sp³-hybridized carbons (Fsp3) is 0.111. The quantitative estimate of drug-likeness (QED) is 0.727. The molecule has 0 saturated heterocycles. The highest BCUT2D eigenvalue weighted by molar-refractivity contribution is 5.98. The normalized spacial score (nSPS) is 11.3. The fourth-order valence-electron chi connectivity index (χ4n) is 2.62. The third-order valence-electron chi connectivity index (χ3n) is 3.79. The van der Waals surface area contributed by atoms with Crippen molar-refractivity contribution in [1.29, 1.82) is 0 Å². The first-order chi connectivity index (χ1) is 11.1. The van der Waals surface area contributed by atoms with Gasteiger partial charge < -0.3 is 15.3 Å². The van der Waals surface area contributed by atoms with Crippen molar-refractivity contribution in [1.82, 2.24) is 9.55 Å². The van der Waals surface area contributed by atoms with Crippen LogP contribution in [0.25, 0.3) is 22.0 Å². The summed E-state index contributed by atoms with van der Waals surface area (Å²) in [5.74, 6) is -0.473. The molecule has 0 unspecified atom stereocenters. The van der Waals surface area contributed by atoms with E-state index in [9.17, 15) is 9.59 Å². The summed E-state index contributed by atoms with van der Waals surface area (Å²) in [6.07, 6.45) is 7.38. The highest BCUT2D eigenvalue weighted by atomic mass is 16.1. The molecule has 0 radical (unpaired) electrons. The van der Waals surface area contributed by atoms with Crippen molar-refractivity contribution in [3.05, 3.63) is 70.8 Å². The van der Waals surface area contributed by atoms with Gasteiger partial charge in [0.15, 0.2) is 0 Å². The number of carbonyl (C=O) groups is 1. The number of aromatic nitrogens is 2. The average molecular weight is 307 g/mol. The van der Waals surface area contributed by atoms with Crippen LogP contribution in [-0.4, -0.2) is 15.5 Å². The van der Waals surface area contributed by atoms with Gasteiger partial charge in [0.2, 0.25) is 5.91 Å².